The second kappa shape index (κ2) is 7.01. The van der Waals surface area contributed by atoms with E-state index < -0.39 is 0 Å². The zero-order valence-electron chi connectivity index (χ0n) is 10.0. The number of rotatable bonds is 0. The van der Waals surface area contributed by atoms with E-state index in [1.165, 1.54) is 11.1 Å². The summed E-state index contributed by atoms with van der Waals surface area (Å²) in [6.45, 7) is 0. The number of nitrogens with one attached hydrogen (secondary N) is 1. The predicted octanol–water partition coefficient (Wildman–Crippen LogP) is 3.91. The Hall–Kier alpha value is -2.42. The standard InChI is InChI=1S/C11H10.C4H5N3/c1-2-4-7-11-9-5-8-10(11)6-3-1;1-2-4-6-7-5-3-1/h1-8H,9H2;1-4H,(H,5,6). The Morgan fingerprint density at radius 1 is 0.889 bits per heavy atom. The van der Waals surface area contributed by atoms with Gasteiger partial charge in [0.2, 0.25) is 0 Å². The van der Waals surface area contributed by atoms with Crippen LogP contribution in [0.25, 0.3) is 0 Å². The first-order chi connectivity index (χ1) is 8.97. The first-order valence-corrected chi connectivity index (χ1v) is 5.85. The first-order valence-electron chi connectivity index (χ1n) is 5.85. The molecule has 3 nitrogen and oxygen atoms in total. The third-order valence-corrected chi connectivity index (χ3v) is 2.46. The van der Waals surface area contributed by atoms with E-state index >= 15 is 0 Å². The zero-order valence-corrected chi connectivity index (χ0v) is 10.0. The fourth-order valence-electron chi connectivity index (χ4n) is 1.61. The van der Waals surface area contributed by atoms with E-state index in [0.717, 1.165) is 6.42 Å². The molecule has 0 unspecified atom stereocenters. The number of allylic oxidation sites excluding steroid dienone is 12. The molecule has 0 amide bonds. The summed E-state index contributed by atoms with van der Waals surface area (Å²) in [6.07, 6.45) is 25.0. The molecule has 0 fully saturated rings. The Labute approximate surface area is 107 Å². The van der Waals surface area contributed by atoms with Crippen molar-refractivity contribution in [2.24, 2.45) is 10.3 Å². The smallest absolute Gasteiger partial charge is 0.0513 e. The Kier molecular flexibility index (Phi) is 4.69. The molecule has 1 heterocycles. The van der Waals surface area contributed by atoms with Gasteiger partial charge in [-0.2, -0.15) is 0 Å². The summed E-state index contributed by atoms with van der Waals surface area (Å²) in [4.78, 5) is 0. The van der Waals surface area contributed by atoms with Gasteiger partial charge in [-0.1, -0.05) is 53.8 Å². The zero-order chi connectivity index (χ0) is 12.5. The van der Waals surface area contributed by atoms with Crippen molar-refractivity contribution in [2.75, 3.05) is 0 Å². The largest absolute Gasteiger partial charge is 0.267 e. The van der Waals surface area contributed by atoms with E-state index in [0.29, 0.717) is 0 Å². The van der Waals surface area contributed by atoms with Crippen LogP contribution in [0.5, 0.6) is 0 Å². The van der Waals surface area contributed by atoms with Crippen molar-refractivity contribution < 1.29 is 0 Å². The highest BCUT2D eigenvalue weighted by atomic mass is 15.4. The lowest BCUT2D eigenvalue weighted by Crippen LogP contribution is -1.86. The van der Waals surface area contributed by atoms with Crippen LogP contribution in [0.3, 0.4) is 0 Å². The second-order valence-corrected chi connectivity index (χ2v) is 3.74. The molecule has 1 aliphatic heterocycles. The van der Waals surface area contributed by atoms with Gasteiger partial charge < -0.3 is 0 Å². The van der Waals surface area contributed by atoms with Crippen LogP contribution in [0.4, 0.5) is 0 Å². The molecular formula is C15H15N3. The summed E-state index contributed by atoms with van der Waals surface area (Å²) in [5.41, 5.74) is 5.34. The lowest BCUT2D eigenvalue weighted by atomic mass is 10.1. The molecule has 3 rings (SSSR count). The molecule has 0 bridgehead atoms. The summed E-state index contributed by atoms with van der Waals surface area (Å²) in [6, 6.07) is 0. The number of hydrogen-bond acceptors (Lipinski definition) is 3. The molecule has 0 saturated heterocycles. The molecule has 18 heavy (non-hydrogen) atoms. The van der Waals surface area contributed by atoms with Crippen LogP contribution in [-0.4, -0.2) is 0 Å². The summed E-state index contributed by atoms with van der Waals surface area (Å²) >= 11 is 0. The number of nitrogens with zero attached hydrogens (tertiary/aromatic N) is 2. The minimum absolute atomic E-state index is 1.09. The Balaban J connectivity index is 0.000000149. The summed E-state index contributed by atoms with van der Waals surface area (Å²) in [5.74, 6) is 0. The minimum Gasteiger partial charge on any atom is -0.267 e. The van der Waals surface area contributed by atoms with Gasteiger partial charge in [-0.05, 0) is 29.7 Å². The Morgan fingerprint density at radius 2 is 1.78 bits per heavy atom. The Bertz CT molecular complexity index is 498. The van der Waals surface area contributed by atoms with Crippen LogP contribution >= 0.6 is 0 Å². The predicted molar refractivity (Wildman–Crippen MR) is 74.5 cm³/mol. The van der Waals surface area contributed by atoms with Crippen molar-refractivity contribution in [3.8, 4) is 0 Å². The molecule has 0 radical (unpaired) electrons. The summed E-state index contributed by atoms with van der Waals surface area (Å²) < 4.78 is 0. The fourth-order valence-corrected chi connectivity index (χ4v) is 1.61. The maximum Gasteiger partial charge on any atom is 0.0513 e. The maximum absolute atomic E-state index is 3.54. The van der Waals surface area contributed by atoms with Gasteiger partial charge in [0.25, 0.3) is 0 Å². The molecule has 2 aliphatic carbocycles. The van der Waals surface area contributed by atoms with Crippen molar-refractivity contribution in [3.63, 3.8) is 0 Å². The van der Waals surface area contributed by atoms with Crippen LogP contribution in [-0.2, 0) is 0 Å². The van der Waals surface area contributed by atoms with Crippen LogP contribution in [0.2, 0.25) is 0 Å². The molecule has 3 aliphatic rings. The molecule has 1 N–H and O–H groups in total. The molecule has 0 aromatic heterocycles. The number of hydrogen-bond donors (Lipinski definition) is 1. The first kappa shape index (κ1) is 12.0. The van der Waals surface area contributed by atoms with Crippen molar-refractivity contribution >= 4 is 0 Å². The van der Waals surface area contributed by atoms with Gasteiger partial charge >= 0.3 is 0 Å². The van der Waals surface area contributed by atoms with Crippen LogP contribution < -0.4 is 5.43 Å². The summed E-state index contributed by atoms with van der Waals surface area (Å²) in [7, 11) is 0. The van der Waals surface area contributed by atoms with E-state index in [-0.39, 0.29) is 0 Å². The van der Waals surface area contributed by atoms with Crippen molar-refractivity contribution in [1.82, 2.24) is 5.43 Å². The minimum atomic E-state index is 1.09. The average molecular weight is 237 g/mol. The molecule has 0 spiro atoms. The second-order valence-electron chi connectivity index (χ2n) is 3.74. The SMILES string of the molecule is C1=CC=CC2=C(C=C1)C=CC2.C1=CN=NNC=C1. The van der Waals surface area contributed by atoms with Gasteiger partial charge in [-0.15, -0.1) is 5.11 Å². The van der Waals surface area contributed by atoms with E-state index in [9.17, 15) is 0 Å². The highest BCUT2D eigenvalue weighted by Crippen LogP contribution is 2.21. The third kappa shape index (κ3) is 3.87. The fraction of sp³-hybridized carbons (Fsp3) is 0.0667. The van der Waals surface area contributed by atoms with Gasteiger partial charge in [-0.25, -0.2) is 0 Å². The van der Waals surface area contributed by atoms with E-state index in [1.54, 1.807) is 18.5 Å². The highest BCUT2D eigenvalue weighted by molar-refractivity contribution is 5.48. The van der Waals surface area contributed by atoms with Gasteiger partial charge in [0.15, 0.2) is 0 Å². The maximum atomic E-state index is 3.54. The van der Waals surface area contributed by atoms with E-state index in [2.05, 4.69) is 58.3 Å². The van der Waals surface area contributed by atoms with Gasteiger partial charge in [0.05, 0.1) is 6.20 Å². The third-order valence-electron chi connectivity index (χ3n) is 2.46. The van der Waals surface area contributed by atoms with E-state index in [1.807, 2.05) is 12.2 Å². The van der Waals surface area contributed by atoms with E-state index in [4.69, 9.17) is 0 Å². The molecular weight excluding hydrogens is 222 g/mol. The normalized spacial score (nSPS) is 18.7. The van der Waals surface area contributed by atoms with Gasteiger partial charge in [-0.3, -0.25) is 5.43 Å². The molecule has 3 heteroatoms. The monoisotopic (exact) mass is 237 g/mol. The summed E-state index contributed by atoms with van der Waals surface area (Å²) in [5, 5.41) is 7.01. The molecule has 0 aromatic carbocycles. The Morgan fingerprint density at radius 3 is 2.72 bits per heavy atom. The van der Waals surface area contributed by atoms with Gasteiger partial charge in [0.1, 0.15) is 0 Å². The topological polar surface area (TPSA) is 36.8 Å². The van der Waals surface area contributed by atoms with Crippen molar-refractivity contribution in [2.45, 2.75) is 6.42 Å². The average Bonchev–Trinajstić information content (AvgIpc) is 2.65. The van der Waals surface area contributed by atoms with Crippen molar-refractivity contribution in [3.05, 3.63) is 84.3 Å². The van der Waals surface area contributed by atoms with Crippen LogP contribution in [0.15, 0.2) is 94.6 Å². The highest BCUT2D eigenvalue weighted by Gasteiger charge is 2.02. The molecule has 90 valence electrons. The van der Waals surface area contributed by atoms with Crippen molar-refractivity contribution in [1.29, 1.82) is 0 Å². The molecule has 0 atom stereocenters. The quantitative estimate of drug-likeness (QED) is 0.681. The van der Waals surface area contributed by atoms with Gasteiger partial charge in [0, 0.05) is 6.20 Å². The molecule has 0 aromatic rings. The van der Waals surface area contributed by atoms with Crippen LogP contribution in [0.1, 0.15) is 6.42 Å². The molecule has 0 saturated carbocycles. The lowest BCUT2D eigenvalue weighted by Gasteiger charge is -1.96. The van der Waals surface area contributed by atoms with Crippen LogP contribution in [0, 0.1) is 0 Å². The lowest BCUT2D eigenvalue weighted by molar-refractivity contribution is 0.876.